The zero-order valence-electron chi connectivity index (χ0n) is 12.8. The largest absolute Gasteiger partial charge is 0.480 e. The Balaban J connectivity index is 1.83. The summed E-state index contributed by atoms with van der Waals surface area (Å²) in [6.45, 7) is 2.41. The van der Waals surface area contributed by atoms with Crippen LogP contribution in [0.3, 0.4) is 0 Å². The third-order valence-corrected chi connectivity index (χ3v) is 4.11. The molecule has 0 aliphatic carbocycles. The first-order valence-corrected chi connectivity index (χ1v) is 7.57. The number of carbonyl (C=O) groups is 2. The maximum atomic E-state index is 12.6. The van der Waals surface area contributed by atoms with Crippen LogP contribution in [0.4, 0.5) is 0 Å². The van der Waals surface area contributed by atoms with Crippen molar-refractivity contribution in [3.05, 3.63) is 42.5 Å². The molecule has 1 N–H and O–H groups in total. The lowest BCUT2D eigenvalue weighted by atomic mass is 9.92. The number of hydrogen-bond donors (Lipinski definition) is 1. The fourth-order valence-corrected chi connectivity index (χ4v) is 2.81. The number of carbonyl (C=O) groups excluding carboxylic acids is 1. The van der Waals surface area contributed by atoms with Crippen LogP contribution in [-0.2, 0) is 4.79 Å². The molecule has 23 heavy (non-hydrogen) atoms. The van der Waals surface area contributed by atoms with Crippen molar-refractivity contribution in [1.29, 1.82) is 0 Å². The number of aromatic nitrogens is 3. The smallest absolute Gasteiger partial charge is 0.326 e. The molecule has 3 rings (SSSR count). The van der Waals surface area contributed by atoms with Gasteiger partial charge in [-0.25, -0.2) is 14.5 Å². The van der Waals surface area contributed by atoms with Crippen LogP contribution < -0.4 is 0 Å². The quantitative estimate of drug-likeness (QED) is 0.929. The zero-order valence-corrected chi connectivity index (χ0v) is 12.8. The molecule has 1 aliphatic rings. The minimum Gasteiger partial charge on any atom is -0.480 e. The number of hydrogen-bond acceptors (Lipinski definition) is 4. The number of carboxylic acids is 1. The summed E-state index contributed by atoms with van der Waals surface area (Å²) < 4.78 is 1.51. The van der Waals surface area contributed by atoms with Crippen molar-refractivity contribution < 1.29 is 14.7 Å². The van der Waals surface area contributed by atoms with E-state index in [0.717, 1.165) is 12.1 Å². The Morgan fingerprint density at radius 2 is 2.00 bits per heavy atom. The Hall–Kier alpha value is -2.70. The number of amides is 1. The number of para-hydroxylation sites is 1. The zero-order chi connectivity index (χ0) is 16.4. The molecule has 2 atom stereocenters. The van der Waals surface area contributed by atoms with Gasteiger partial charge in [0.1, 0.15) is 12.4 Å². The van der Waals surface area contributed by atoms with Gasteiger partial charge in [-0.3, -0.25) is 4.79 Å². The van der Waals surface area contributed by atoms with E-state index in [1.54, 1.807) is 0 Å². The molecule has 1 saturated heterocycles. The second-order valence-corrected chi connectivity index (χ2v) is 5.83. The molecule has 1 amide bonds. The highest BCUT2D eigenvalue weighted by atomic mass is 16.4. The highest BCUT2D eigenvalue weighted by Crippen LogP contribution is 2.24. The summed E-state index contributed by atoms with van der Waals surface area (Å²) in [7, 11) is 0. The lowest BCUT2D eigenvalue weighted by Gasteiger charge is -2.35. The molecular weight excluding hydrogens is 296 g/mol. The molecular formula is C16H18N4O3. The highest BCUT2D eigenvalue weighted by Gasteiger charge is 2.36. The Labute approximate surface area is 133 Å². The molecule has 120 valence electrons. The molecule has 0 radical (unpaired) electrons. The van der Waals surface area contributed by atoms with Gasteiger partial charge in [-0.2, -0.15) is 0 Å². The maximum Gasteiger partial charge on any atom is 0.326 e. The van der Waals surface area contributed by atoms with E-state index in [1.165, 1.54) is 15.9 Å². The molecule has 7 heteroatoms. The van der Waals surface area contributed by atoms with Gasteiger partial charge >= 0.3 is 5.97 Å². The molecule has 2 unspecified atom stereocenters. The first-order valence-electron chi connectivity index (χ1n) is 7.57. The van der Waals surface area contributed by atoms with Gasteiger partial charge in [-0.1, -0.05) is 25.1 Å². The maximum absolute atomic E-state index is 12.6. The van der Waals surface area contributed by atoms with E-state index in [1.807, 2.05) is 37.3 Å². The Kier molecular flexibility index (Phi) is 4.10. The molecule has 1 fully saturated rings. The second kappa shape index (κ2) is 6.20. The number of aliphatic carboxylic acids is 1. The minimum absolute atomic E-state index is 0.0228. The standard InChI is InChI=1S/C16H18N4O3/c1-11-7-8-19(13(9-11)16(22)23)15(21)14-17-10-20(18-14)12-5-3-2-4-6-12/h2-6,10-11,13H,7-9H2,1H3,(H,22,23). The van der Waals surface area contributed by atoms with E-state index in [0.29, 0.717) is 13.0 Å². The van der Waals surface area contributed by atoms with Gasteiger partial charge in [0, 0.05) is 6.54 Å². The summed E-state index contributed by atoms with van der Waals surface area (Å²) in [5.74, 6) is -1.10. The van der Waals surface area contributed by atoms with E-state index in [4.69, 9.17) is 0 Å². The average molecular weight is 314 g/mol. The number of likely N-dealkylation sites (tertiary alicyclic amines) is 1. The lowest BCUT2D eigenvalue weighted by Crippen LogP contribution is -2.50. The van der Waals surface area contributed by atoms with Crippen molar-refractivity contribution in [2.45, 2.75) is 25.8 Å². The van der Waals surface area contributed by atoms with Crippen molar-refractivity contribution in [1.82, 2.24) is 19.7 Å². The summed E-state index contributed by atoms with van der Waals surface area (Å²) in [6, 6.07) is 8.52. The number of piperidine rings is 1. The van der Waals surface area contributed by atoms with Crippen molar-refractivity contribution in [2.24, 2.45) is 5.92 Å². The summed E-state index contributed by atoms with van der Waals surface area (Å²) in [6.07, 6.45) is 2.71. The van der Waals surface area contributed by atoms with Gasteiger partial charge in [0.15, 0.2) is 0 Å². The monoisotopic (exact) mass is 314 g/mol. The summed E-state index contributed by atoms with van der Waals surface area (Å²) in [5, 5.41) is 13.6. The van der Waals surface area contributed by atoms with Crippen molar-refractivity contribution in [3.63, 3.8) is 0 Å². The fourth-order valence-electron chi connectivity index (χ4n) is 2.81. The number of nitrogens with zero attached hydrogens (tertiary/aromatic N) is 4. The number of carboxylic acid groups (broad SMARTS) is 1. The molecule has 2 aromatic rings. The highest BCUT2D eigenvalue weighted by molar-refractivity contribution is 5.93. The molecule has 0 bridgehead atoms. The molecule has 1 aromatic carbocycles. The first kappa shape index (κ1) is 15.2. The van der Waals surface area contributed by atoms with Crippen molar-refractivity contribution in [3.8, 4) is 5.69 Å². The SMILES string of the molecule is CC1CCN(C(=O)c2ncn(-c3ccccc3)n2)C(C(=O)O)C1. The predicted molar refractivity (Wildman–Crippen MR) is 82.2 cm³/mol. The van der Waals surface area contributed by atoms with Gasteiger partial charge in [-0.05, 0) is 30.9 Å². The summed E-state index contributed by atoms with van der Waals surface area (Å²) >= 11 is 0. The molecule has 0 spiro atoms. The van der Waals surface area contributed by atoms with Gasteiger partial charge in [-0.15, -0.1) is 5.10 Å². The van der Waals surface area contributed by atoms with Crippen LogP contribution in [0.2, 0.25) is 0 Å². The minimum atomic E-state index is -0.979. The van der Waals surface area contributed by atoms with Crippen molar-refractivity contribution in [2.75, 3.05) is 6.54 Å². The molecule has 1 aromatic heterocycles. The molecule has 0 saturated carbocycles. The Morgan fingerprint density at radius 1 is 1.26 bits per heavy atom. The van der Waals surface area contributed by atoms with Gasteiger partial charge in [0.2, 0.25) is 5.82 Å². The van der Waals surface area contributed by atoms with Crippen LogP contribution in [0.25, 0.3) is 5.69 Å². The molecule has 2 heterocycles. The second-order valence-electron chi connectivity index (χ2n) is 5.83. The first-order chi connectivity index (χ1) is 11.1. The lowest BCUT2D eigenvalue weighted by molar-refractivity contribution is -0.144. The summed E-state index contributed by atoms with van der Waals surface area (Å²) in [4.78, 5) is 29.4. The van der Waals surface area contributed by atoms with E-state index in [-0.39, 0.29) is 11.7 Å². The van der Waals surface area contributed by atoms with Crippen molar-refractivity contribution >= 4 is 11.9 Å². The predicted octanol–water partition coefficient (Wildman–Crippen LogP) is 1.59. The van der Waals surface area contributed by atoms with E-state index in [2.05, 4.69) is 10.1 Å². The van der Waals surface area contributed by atoms with Crippen LogP contribution >= 0.6 is 0 Å². The third kappa shape index (κ3) is 3.08. The number of benzene rings is 1. The Bertz CT molecular complexity index is 713. The van der Waals surface area contributed by atoms with Gasteiger partial charge in [0.05, 0.1) is 5.69 Å². The average Bonchev–Trinajstić information content (AvgIpc) is 3.05. The van der Waals surface area contributed by atoms with E-state index >= 15 is 0 Å². The van der Waals surface area contributed by atoms with Crippen LogP contribution in [-0.4, -0.2) is 49.2 Å². The van der Waals surface area contributed by atoms with E-state index < -0.39 is 17.9 Å². The number of rotatable bonds is 3. The van der Waals surface area contributed by atoms with Crippen LogP contribution in [0.5, 0.6) is 0 Å². The third-order valence-electron chi connectivity index (χ3n) is 4.11. The Morgan fingerprint density at radius 3 is 2.70 bits per heavy atom. The van der Waals surface area contributed by atoms with Crippen LogP contribution in [0.15, 0.2) is 36.7 Å². The summed E-state index contributed by atoms with van der Waals surface area (Å²) in [5.41, 5.74) is 0.793. The van der Waals surface area contributed by atoms with Crippen LogP contribution in [0.1, 0.15) is 30.4 Å². The topological polar surface area (TPSA) is 88.3 Å². The molecule has 1 aliphatic heterocycles. The fraction of sp³-hybridized carbons (Fsp3) is 0.375. The van der Waals surface area contributed by atoms with Gasteiger partial charge in [0.25, 0.3) is 5.91 Å². The van der Waals surface area contributed by atoms with E-state index in [9.17, 15) is 14.7 Å². The molecule has 7 nitrogen and oxygen atoms in total. The van der Waals surface area contributed by atoms with Crippen LogP contribution in [0, 0.1) is 5.92 Å². The normalized spacial score (nSPS) is 21.2. The van der Waals surface area contributed by atoms with Gasteiger partial charge < -0.3 is 10.0 Å².